The Morgan fingerprint density at radius 2 is 1.73 bits per heavy atom. The van der Waals surface area contributed by atoms with Gasteiger partial charge in [-0.15, -0.1) is 12.6 Å². The first-order valence-corrected chi connectivity index (χ1v) is 14.0. The van der Waals surface area contributed by atoms with Crippen molar-refractivity contribution in [3.05, 3.63) is 77.0 Å². The van der Waals surface area contributed by atoms with E-state index in [0.29, 0.717) is 17.9 Å². The second-order valence-corrected chi connectivity index (χ2v) is 10.8. The summed E-state index contributed by atoms with van der Waals surface area (Å²) in [6, 6.07) is 14.9. The van der Waals surface area contributed by atoms with E-state index in [-0.39, 0.29) is 5.91 Å². The van der Waals surface area contributed by atoms with Crippen molar-refractivity contribution in [1.82, 2.24) is 10.3 Å². The molecule has 0 aliphatic carbocycles. The molecule has 0 spiro atoms. The molecule has 3 aromatic rings. The predicted molar refractivity (Wildman–Crippen MR) is 161 cm³/mol. The summed E-state index contributed by atoms with van der Waals surface area (Å²) < 4.78 is 10.3. The zero-order valence-corrected chi connectivity index (χ0v) is 24.5. The van der Waals surface area contributed by atoms with Crippen LogP contribution < -0.4 is 20.3 Å². The Bertz CT molecular complexity index is 1300. The molecule has 2 heterocycles. The maximum atomic E-state index is 13.1. The third-order valence-electron chi connectivity index (χ3n) is 7.43. The number of piperidine rings is 1. The number of nitrogens with one attached hydrogen (secondary N) is 2. The van der Waals surface area contributed by atoms with Crippen LogP contribution in [0.3, 0.4) is 0 Å². The number of pyridine rings is 1. The van der Waals surface area contributed by atoms with Crippen molar-refractivity contribution >= 4 is 36.0 Å². The molecule has 212 valence electrons. The first-order valence-electron chi connectivity index (χ1n) is 13.5. The summed E-state index contributed by atoms with van der Waals surface area (Å²) in [4.78, 5) is 33.2. The summed E-state index contributed by atoms with van der Waals surface area (Å²) in [6.07, 6.45) is 4.26. The molecule has 4 rings (SSSR count). The Morgan fingerprint density at radius 1 is 1.05 bits per heavy atom. The van der Waals surface area contributed by atoms with E-state index in [4.69, 9.17) is 9.47 Å². The van der Waals surface area contributed by atoms with Crippen LogP contribution in [0.2, 0.25) is 0 Å². The number of benzene rings is 2. The Balaban J connectivity index is 1.32. The number of methoxy groups -OCH3 is 2. The van der Waals surface area contributed by atoms with Crippen LogP contribution in [0.25, 0.3) is 0 Å². The summed E-state index contributed by atoms with van der Waals surface area (Å²) in [5, 5.41) is 6.32. The second kappa shape index (κ2) is 13.6. The van der Waals surface area contributed by atoms with Gasteiger partial charge in [0.1, 0.15) is 17.6 Å². The van der Waals surface area contributed by atoms with Crippen LogP contribution in [0.15, 0.2) is 59.6 Å². The molecule has 1 amide bonds. The lowest BCUT2D eigenvalue weighted by Crippen LogP contribution is -2.43. The summed E-state index contributed by atoms with van der Waals surface area (Å²) >= 11 is 4.39. The number of hydrogen-bond acceptors (Lipinski definition) is 8. The number of ether oxygens (including phenoxy) is 2. The SMILES string of the molecule is COC(=O)C(Cc1ccc(N2CCC(CNc3cc(OC)ccn3)CC2)cc1)NC(=O)c1c(C)cc(S)cc1C. The Kier molecular flexibility index (Phi) is 9.93. The van der Waals surface area contributed by atoms with Gasteiger partial charge in [-0.25, -0.2) is 9.78 Å². The maximum absolute atomic E-state index is 13.1. The lowest BCUT2D eigenvalue weighted by Gasteiger charge is -2.34. The lowest BCUT2D eigenvalue weighted by molar-refractivity contribution is -0.142. The van der Waals surface area contributed by atoms with E-state index in [1.165, 1.54) is 7.11 Å². The highest BCUT2D eigenvalue weighted by Gasteiger charge is 2.25. The Morgan fingerprint density at radius 3 is 2.35 bits per heavy atom. The van der Waals surface area contributed by atoms with Crippen LogP contribution in [-0.2, 0) is 16.0 Å². The minimum atomic E-state index is -0.792. The first-order chi connectivity index (χ1) is 19.3. The highest BCUT2D eigenvalue weighted by molar-refractivity contribution is 7.80. The number of carbonyl (C=O) groups excluding carboxylic acids is 2. The number of nitrogens with zero attached hydrogens (tertiary/aromatic N) is 2. The molecule has 1 aliphatic heterocycles. The molecule has 2 N–H and O–H groups in total. The average molecular weight is 563 g/mol. The van der Waals surface area contributed by atoms with E-state index < -0.39 is 12.0 Å². The van der Waals surface area contributed by atoms with E-state index >= 15 is 0 Å². The molecule has 1 atom stereocenters. The fourth-order valence-corrected chi connectivity index (χ4v) is 5.61. The van der Waals surface area contributed by atoms with Crippen LogP contribution in [0, 0.1) is 19.8 Å². The van der Waals surface area contributed by atoms with Gasteiger partial charge in [-0.2, -0.15) is 0 Å². The van der Waals surface area contributed by atoms with Gasteiger partial charge >= 0.3 is 5.97 Å². The average Bonchev–Trinajstić information content (AvgIpc) is 2.95. The molecular formula is C31H38N4O4S. The molecule has 2 aromatic carbocycles. The number of hydrogen-bond donors (Lipinski definition) is 3. The van der Waals surface area contributed by atoms with Gasteiger partial charge in [0, 0.05) is 54.5 Å². The van der Waals surface area contributed by atoms with Crippen molar-refractivity contribution in [2.75, 3.05) is 44.1 Å². The molecule has 8 nitrogen and oxygen atoms in total. The number of aryl methyl sites for hydroxylation is 2. The number of rotatable bonds is 10. The quantitative estimate of drug-likeness (QED) is 0.241. The van der Waals surface area contributed by atoms with Crippen LogP contribution in [-0.4, -0.2) is 56.8 Å². The minimum absolute atomic E-state index is 0.296. The van der Waals surface area contributed by atoms with Crippen molar-refractivity contribution in [3.63, 3.8) is 0 Å². The van der Waals surface area contributed by atoms with E-state index in [1.807, 2.05) is 50.2 Å². The highest BCUT2D eigenvalue weighted by atomic mass is 32.1. The van der Waals surface area contributed by atoms with Gasteiger partial charge in [0.15, 0.2) is 0 Å². The third kappa shape index (κ3) is 7.47. The van der Waals surface area contributed by atoms with E-state index in [9.17, 15) is 9.59 Å². The summed E-state index contributed by atoms with van der Waals surface area (Å²) in [5.41, 5.74) is 4.28. The van der Waals surface area contributed by atoms with Gasteiger partial charge in [-0.05, 0) is 79.6 Å². The molecule has 1 aromatic heterocycles. The van der Waals surface area contributed by atoms with Crippen molar-refractivity contribution in [2.45, 2.75) is 44.0 Å². The number of thiol groups is 1. The summed E-state index contributed by atoms with van der Waals surface area (Å²) in [6.45, 7) is 6.56. The van der Waals surface area contributed by atoms with Crippen molar-refractivity contribution in [3.8, 4) is 5.75 Å². The monoisotopic (exact) mass is 562 g/mol. The topological polar surface area (TPSA) is 92.8 Å². The fourth-order valence-electron chi connectivity index (χ4n) is 5.22. The van der Waals surface area contributed by atoms with Gasteiger partial charge in [-0.3, -0.25) is 4.79 Å². The molecule has 0 radical (unpaired) electrons. The standard InChI is InChI=1S/C31H38N4O4S/c1-20-15-26(40)16-21(2)29(20)30(36)34-27(31(37)39-4)17-22-5-7-24(8-6-22)35-13-10-23(11-14-35)19-33-28-18-25(38-3)9-12-32-28/h5-9,12,15-16,18,23,27,40H,10-11,13-14,17,19H2,1-4H3,(H,32,33)(H,34,36). The fraction of sp³-hybridized carbons (Fsp3) is 0.387. The van der Waals surface area contributed by atoms with E-state index in [0.717, 1.165) is 71.3 Å². The van der Waals surface area contributed by atoms with Gasteiger partial charge in [-0.1, -0.05) is 12.1 Å². The number of carbonyl (C=O) groups is 2. The smallest absolute Gasteiger partial charge is 0.328 e. The van der Waals surface area contributed by atoms with Crippen LogP contribution >= 0.6 is 12.6 Å². The van der Waals surface area contributed by atoms with Gasteiger partial charge in [0.2, 0.25) is 0 Å². The molecular weight excluding hydrogens is 524 g/mol. The summed E-state index contributed by atoms with van der Waals surface area (Å²) in [7, 11) is 2.99. The molecule has 40 heavy (non-hydrogen) atoms. The lowest BCUT2D eigenvalue weighted by atomic mass is 9.96. The van der Waals surface area contributed by atoms with Crippen LogP contribution in [0.5, 0.6) is 5.75 Å². The molecule has 0 bridgehead atoms. The molecule has 1 saturated heterocycles. The van der Waals surface area contributed by atoms with E-state index in [1.54, 1.807) is 13.3 Å². The zero-order valence-electron chi connectivity index (χ0n) is 23.6. The van der Waals surface area contributed by atoms with Gasteiger partial charge in [0.25, 0.3) is 5.91 Å². The largest absolute Gasteiger partial charge is 0.497 e. The highest BCUT2D eigenvalue weighted by Crippen LogP contribution is 2.25. The van der Waals surface area contributed by atoms with Crippen LogP contribution in [0.1, 0.15) is 39.9 Å². The Hall–Kier alpha value is -3.72. The third-order valence-corrected chi connectivity index (χ3v) is 7.69. The summed E-state index contributed by atoms with van der Waals surface area (Å²) in [5.74, 6) is 1.43. The number of aromatic nitrogens is 1. The zero-order chi connectivity index (χ0) is 28.6. The number of anilines is 2. The molecule has 1 unspecified atom stereocenters. The Labute approximate surface area is 241 Å². The maximum Gasteiger partial charge on any atom is 0.328 e. The van der Waals surface area contributed by atoms with Crippen molar-refractivity contribution in [1.29, 1.82) is 0 Å². The predicted octanol–water partition coefficient (Wildman–Crippen LogP) is 4.84. The van der Waals surface area contributed by atoms with Gasteiger partial charge in [0.05, 0.1) is 14.2 Å². The van der Waals surface area contributed by atoms with Crippen molar-refractivity contribution in [2.24, 2.45) is 5.92 Å². The molecule has 1 fully saturated rings. The van der Waals surface area contributed by atoms with Gasteiger partial charge < -0.3 is 25.0 Å². The van der Waals surface area contributed by atoms with Crippen LogP contribution in [0.4, 0.5) is 11.5 Å². The minimum Gasteiger partial charge on any atom is -0.497 e. The molecule has 9 heteroatoms. The van der Waals surface area contributed by atoms with E-state index in [2.05, 4.69) is 45.3 Å². The first kappa shape index (κ1) is 29.3. The number of esters is 1. The normalized spacial score (nSPS) is 14.4. The van der Waals surface area contributed by atoms with Crippen molar-refractivity contribution < 1.29 is 19.1 Å². The molecule has 1 aliphatic rings. The number of amides is 1. The second-order valence-electron chi connectivity index (χ2n) is 10.3. The molecule has 0 saturated carbocycles.